The van der Waals surface area contributed by atoms with E-state index in [9.17, 15) is 19.1 Å². The van der Waals surface area contributed by atoms with Crippen LogP contribution in [0.25, 0.3) is 0 Å². The Balaban J connectivity index is 2.29. The fraction of sp³-hybridized carbons (Fsp3) is 0.529. The van der Waals surface area contributed by atoms with Gasteiger partial charge < -0.3 is 9.84 Å². The standard InChI is InChI=1S/C17H22FNO4/c1-16(2,3)23-15(22)19-11-7-6-9(18)8-10(11)12-13(14(20)21)17(12,4)5/h6-8,12-13H,1-5H3,(H,19,22)(H,20,21)/t12-,13+/m1/s1. The van der Waals surface area contributed by atoms with Crippen LogP contribution in [-0.2, 0) is 9.53 Å². The van der Waals surface area contributed by atoms with E-state index >= 15 is 0 Å². The summed E-state index contributed by atoms with van der Waals surface area (Å²) in [6, 6.07) is 3.94. The highest BCUT2D eigenvalue weighted by Gasteiger charge is 2.63. The topological polar surface area (TPSA) is 75.6 Å². The number of carboxylic acids is 1. The molecule has 0 aromatic heterocycles. The van der Waals surface area contributed by atoms with Crippen LogP contribution in [0.3, 0.4) is 0 Å². The molecule has 1 aromatic carbocycles. The zero-order chi connectivity index (χ0) is 17.6. The zero-order valence-electron chi connectivity index (χ0n) is 13.9. The molecule has 0 unspecified atom stereocenters. The molecule has 0 radical (unpaired) electrons. The number of carboxylic acid groups (broad SMARTS) is 1. The molecule has 23 heavy (non-hydrogen) atoms. The number of rotatable bonds is 3. The monoisotopic (exact) mass is 323 g/mol. The molecule has 1 fully saturated rings. The molecule has 0 bridgehead atoms. The summed E-state index contributed by atoms with van der Waals surface area (Å²) in [5.74, 6) is -2.36. The van der Waals surface area contributed by atoms with Crippen molar-refractivity contribution in [3.63, 3.8) is 0 Å². The average Bonchev–Trinajstić information content (AvgIpc) is 2.92. The molecule has 1 aromatic rings. The number of aliphatic carboxylic acids is 1. The Morgan fingerprint density at radius 1 is 1.30 bits per heavy atom. The van der Waals surface area contributed by atoms with Crippen LogP contribution in [0.2, 0.25) is 0 Å². The third-order valence-electron chi connectivity index (χ3n) is 4.08. The third-order valence-corrected chi connectivity index (χ3v) is 4.08. The molecule has 2 atom stereocenters. The first-order chi connectivity index (χ1) is 10.4. The minimum absolute atomic E-state index is 0.361. The van der Waals surface area contributed by atoms with Crippen LogP contribution in [0.15, 0.2) is 18.2 Å². The summed E-state index contributed by atoms with van der Waals surface area (Å²) in [4.78, 5) is 23.3. The first-order valence-electron chi connectivity index (χ1n) is 7.46. The minimum atomic E-state index is -0.924. The maximum atomic E-state index is 13.6. The van der Waals surface area contributed by atoms with Crippen molar-refractivity contribution >= 4 is 17.7 Å². The summed E-state index contributed by atoms with van der Waals surface area (Å²) in [5.41, 5.74) is -0.299. The van der Waals surface area contributed by atoms with E-state index in [1.165, 1.54) is 18.2 Å². The quantitative estimate of drug-likeness (QED) is 0.881. The highest BCUT2D eigenvalue weighted by atomic mass is 19.1. The normalized spacial score (nSPS) is 22.3. The van der Waals surface area contributed by atoms with Crippen LogP contribution >= 0.6 is 0 Å². The van der Waals surface area contributed by atoms with E-state index in [-0.39, 0.29) is 5.92 Å². The molecule has 0 heterocycles. The zero-order valence-corrected chi connectivity index (χ0v) is 13.9. The van der Waals surface area contributed by atoms with Gasteiger partial charge in [-0.1, -0.05) is 13.8 Å². The minimum Gasteiger partial charge on any atom is -0.481 e. The van der Waals surface area contributed by atoms with E-state index in [0.29, 0.717) is 11.3 Å². The Bertz CT molecular complexity index is 648. The summed E-state index contributed by atoms with van der Waals surface area (Å²) >= 11 is 0. The second-order valence-electron chi connectivity index (χ2n) is 7.47. The van der Waals surface area contributed by atoms with E-state index in [1.54, 1.807) is 20.8 Å². The molecule has 0 aliphatic heterocycles. The van der Waals surface area contributed by atoms with Crippen molar-refractivity contribution in [2.24, 2.45) is 11.3 Å². The van der Waals surface area contributed by atoms with Crippen LogP contribution in [0.5, 0.6) is 0 Å². The molecule has 1 aliphatic rings. The van der Waals surface area contributed by atoms with Crippen molar-refractivity contribution in [1.82, 2.24) is 0 Å². The predicted octanol–water partition coefficient (Wildman–Crippen LogP) is 4.00. The van der Waals surface area contributed by atoms with Crippen molar-refractivity contribution in [2.45, 2.75) is 46.1 Å². The molecule has 1 aliphatic carbocycles. The maximum Gasteiger partial charge on any atom is 0.412 e. The highest BCUT2D eigenvalue weighted by Crippen LogP contribution is 2.65. The van der Waals surface area contributed by atoms with Crippen molar-refractivity contribution in [3.8, 4) is 0 Å². The van der Waals surface area contributed by atoms with E-state index in [1.807, 2.05) is 13.8 Å². The molecule has 1 saturated carbocycles. The van der Waals surface area contributed by atoms with Crippen molar-refractivity contribution in [1.29, 1.82) is 0 Å². The van der Waals surface area contributed by atoms with Crippen LogP contribution in [0, 0.1) is 17.2 Å². The summed E-state index contributed by atoms with van der Waals surface area (Å²) in [7, 11) is 0. The first-order valence-corrected chi connectivity index (χ1v) is 7.46. The van der Waals surface area contributed by atoms with Crippen LogP contribution in [0.1, 0.15) is 46.1 Å². The molecule has 6 heteroatoms. The molecular formula is C17H22FNO4. The lowest BCUT2D eigenvalue weighted by Crippen LogP contribution is -2.27. The second-order valence-corrected chi connectivity index (χ2v) is 7.47. The number of hydrogen-bond acceptors (Lipinski definition) is 3. The van der Waals surface area contributed by atoms with Gasteiger partial charge in [0.25, 0.3) is 0 Å². The lowest BCUT2D eigenvalue weighted by atomic mass is 10.0. The fourth-order valence-corrected chi connectivity index (χ4v) is 3.00. The fourth-order valence-electron chi connectivity index (χ4n) is 3.00. The lowest BCUT2D eigenvalue weighted by Gasteiger charge is -2.20. The van der Waals surface area contributed by atoms with E-state index in [4.69, 9.17) is 4.74 Å². The Morgan fingerprint density at radius 2 is 1.91 bits per heavy atom. The summed E-state index contributed by atoms with van der Waals surface area (Å²) < 4.78 is 18.8. The number of hydrogen-bond donors (Lipinski definition) is 2. The largest absolute Gasteiger partial charge is 0.481 e. The smallest absolute Gasteiger partial charge is 0.412 e. The van der Waals surface area contributed by atoms with Gasteiger partial charge in [0, 0.05) is 11.6 Å². The summed E-state index contributed by atoms with van der Waals surface area (Å²) in [6.45, 7) is 8.85. The average molecular weight is 323 g/mol. The van der Waals surface area contributed by atoms with Crippen LogP contribution in [-0.4, -0.2) is 22.8 Å². The van der Waals surface area contributed by atoms with Gasteiger partial charge in [0.1, 0.15) is 11.4 Å². The van der Waals surface area contributed by atoms with Gasteiger partial charge in [-0.05, 0) is 49.9 Å². The molecule has 0 spiro atoms. The SMILES string of the molecule is CC(C)(C)OC(=O)Nc1ccc(F)cc1[C@@H]1[C@@H](C(=O)O)C1(C)C. The van der Waals surface area contributed by atoms with E-state index in [2.05, 4.69) is 5.32 Å². The van der Waals surface area contributed by atoms with Gasteiger partial charge in [0.05, 0.1) is 5.92 Å². The Hall–Kier alpha value is -2.11. The van der Waals surface area contributed by atoms with Crippen LogP contribution in [0.4, 0.5) is 14.9 Å². The number of amides is 1. The van der Waals surface area contributed by atoms with Gasteiger partial charge in [0.15, 0.2) is 0 Å². The molecule has 1 amide bonds. The number of carbonyl (C=O) groups excluding carboxylic acids is 1. The molecule has 5 nitrogen and oxygen atoms in total. The maximum absolute atomic E-state index is 13.6. The number of ether oxygens (including phenoxy) is 1. The van der Waals surface area contributed by atoms with Crippen molar-refractivity contribution in [2.75, 3.05) is 5.32 Å². The van der Waals surface area contributed by atoms with E-state index in [0.717, 1.165) is 0 Å². The molecule has 2 rings (SSSR count). The number of benzene rings is 1. The molecular weight excluding hydrogens is 301 g/mol. The van der Waals surface area contributed by atoms with Crippen LogP contribution < -0.4 is 5.32 Å². The number of halogens is 1. The van der Waals surface area contributed by atoms with Gasteiger partial charge in [-0.25, -0.2) is 9.18 Å². The number of anilines is 1. The Morgan fingerprint density at radius 3 is 2.39 bits per heavy atom. The second kappa shape index (κ2) is 5.51. The molecule has 0 saturated heterocycles. The van der Waals surface area contributed by atoms with Gasteiger partial charge >= 0.3 is 12.1 Å². The number of carbonyl (C=O) groups is 2. The van der Waals surface area contributed by atoms with Gasteiger partial charge in [-0.2, -0.15) is 0 Å². The van der Waals surface area contributed by atoms with E-state index < -0.39 is 34.8 Å². The van der Waals surface area contributed by atoms with Gasteiger partial charge in [-0.3, -0.25) is 10.1 Å². The third kappa shape index (κ3) is 3.63. The predicted molar refractivity (Wildman–Crippen MR) is 83.9 cm³/mol. The van der Waals surface area contributed by atoms with Crippen molar-refractivity contribution < 1.29 is 23.8 Å². The Labute approximate surface area is 134 Å². The lowest BCUT2D eigenvalue weighted by molar-refractivity contribution is -0.139. The summed E-state index contributed by atoms with van der Waals surface area (Å²) in [6.07, 6.45) is -0.657. The first kappa shape index (κ1) is 17.2. The molecule has 2 N–H and O–H groups in total. The van der Waals surface area contributed by atoms with Gasteiger partial charge in [0.2, 0.25) is 0 Å². The number of nitrogens with one attached hydrogen (secondary N) is 1. The van der Waals surface area contributed by atoms with Gasteiger partial charge in [-0.15, -0.1) is 0 Å². The molecule has 126 valence electrons. The highest BCUT2D eigenvalue weighted by molar-refractivity contribution is 5.87. The summed E-state index contributed by atoms with van der Waals surface area (Å²) in [5, 5.41) is 11.9. The van der Waals surface area contributed by atoms with Crippen molar-refractivity contribution in [3.05, 3.63) is 29.6 Å². The Kier molecular flexibility index (Phi) is 4.13.